The van der Waals surface area contributed by atoms with Crippen molar-refractivity contribution in [1.29, 1.82) is 0 Å². The number of aliphatic hydroxyl groups is 1. The molecule has 1 atom stereocenters. The number of ether oxygens (including phenoxy) is 4. The summed E-state index contributed by atoms with van der Waals surface area (Å²) in [6.07, 6.45) is 0.122. The SMILES string of the molecule is CCOCC(O)CN(CCOC)Cc1c(CC)nn(-c2ccccc2)c1Oc1ccccc1OC. The standard InChI is InChI=1S/C27H37N3O5/c1-5-24-23(19-29(16-17-32-3)18-22(31)20-34-6-2)27(30(28-24)21-12-8-7-9-13-21)35-26-15-11-10-14-25(26)33-4/h7-15,22,31H,5-6,16-20H2,1-4H3. The number of benzene rings is 2. The van der Waals surface area contributed by atoms with Crippen molar-refractivity contribution in [3.05, 3.63) is 65.9 Å². The first-order valence-corrected chi connectivity index (χ1v) is 12.0. The van der Waals surface area contributed by atoms with E-state index >= 15 is 0 Å². The molecule has 0 aliphatic heterocycles. The number of hydrogen-bond acceptors (Lipinski definition) is 7. The van der Waals surface area contributed by atoms with Gasteiger partial charge in [-0.2, -0.15) is 5.10 Å². The van der Waals surface area contributed by atoms with Crippen LogP contribution in [-0.4, -0.2) is 73.0 Å². The second-order valence-corrected chi connectivity index (χ2v) is 8.13. The molecule has 35 heavy (non-hydrogen) atoms. The first-order chi connectivity index (χ1) is 17.1. The Morgan fingerprint density at radius 2 is 1.71 bits per heavy atom. The molecule has 0 spiro atoms. The Morgan fingerprint density at radius 3 is 2.37 bits per heavy atom. The number of hydrogen-bond donors (Lipinski definition) is 1. The molecule has 8 heteroatoms. The minimum atomic E-state index is -0.611. The molecule has 0 radical (unpaired) electrons. The molecule has 0 bridgehead atoms. The van der Waals surface area contributed by atoms with Gasteiger partial charge in [-0.05, 0) is 37.6 Å². The van der Waals surface area contributed by atoms with Crippen LogP contribution in [-0.2, 0) is 22.4 Å². The molecule has 1 N–H and O–H groups in total. The van der Waals surface area contributed by atoms with Crippen LogP contribution in [0.2, 0.25) is 0 Å². The van der Waals surface area contributed by atoms with Gasteiger partial charge in [0, 0.05) is 33.4 Å². The van der Waals surface area contributed by atoms with Crippen LogP contribution in [0.15, 0.2) is 54.6 Å². The Bertz CT molecular complexity index is 1020. The second-order valence-electron chi connectivity index (χ2n) is 8.13. The predicted octanol–water partition coefficient (Wildman–Crippen LogP) is 4.08. The Morgan fingerprint density at radius 1 is 1.00 bits per heavy atom. The highest BCUT2D eigenvalue weighted by molar-refractivity contribution is 5.47. The third-order valence-electron chi connectivity index (χ3n) is 5.61. The van der Waals surface area contributed by atoms with E-state index in [1.807, 2.05) is 66.2 Å². The predicted molar refractivity (Wildman–Crippen MR) is 136 cm³/mol. The van der Waals surface area contributed by atoms with Gasteiger partial charge in [-0.25, -0.2) is 4.68 Å². The molecular weight excluding hydrogens is 446 g/mol. The molecule has 3 rings (SSSR count). The summed E-state index contributed by atoms with van der Waals surface area (Å²) in [6, 6.07) is 17.5. The largest absolute Gasteiger partial charge is 0.493 e. The van der Waals surface area contributed by atoms with Crippen LogP contribution in [0.4, 0.5) is 0 Å². The van der Waals surface area contributed by atoms with E-state index < -0.39 is 6.10 Å². The van der Waals surface area contributed by atoms with Crippen LogP contribution in [0, 0.1) is 0 Å². The van der Waals surface area contributed by atoms with Crippen LogP contribution in [0.3, 0.4) is 0 Å². The molecule has 0 saturated carbocycles. The fourth-order valence-corrected chi connectivity index (χ4v) is 3.86. The van der Waals surface area contributed by atoms with Crippen LogP contribution < -0.4 is 9.47 Å². The number of aryl methyl sites for hydroxylation is 1. The van der Waals surface area contributed by atoms with E-state index in [9.17, 15) is 5.11 Å². The van der Waals surface area contributed by atoms with Gasteiger partial charge in [0.25, 0.3) is 0 Å². The summed E-state index contributed by atoms with van der Waals surface area (Å²) >= 11 is 0. The smallest absolute Gasteiger partial charge is 0.227 e. The van der Waals surface area contributed by atoms with Gasteiger partial charge in [0.2, 0.25) is 5.88 Å². The lowest BCUT2D eigenvalue weighted by molar-refractivity contribution is 0.0147. The van der Waals surface area contributed by atoms with Crippen molar-refractivity contribution in [2.45, 2.75) is 32.9 Å². The number of nitrogens with zero attached hydrogens (tertiary/aromatic N) is 3. The molecule has 0 aliphatic rings. The molecule has 8 nitrogen and oxygen atoms in total. The fraction of sp³-hybridized carbons (Fsp3) is 0.444. The number of aromatic nitrogens is 2. The van der Waals surface area contributed by atoms with Crippen LogP contribution in [0.1, 0.15) is 25.1 Å². The van der Waals surface area contributed by atoms with E-state index in [1.165, 1.54) is 0 Å². The zero-order chi connectivity index (χ0) is 25.0. The molecule has 0 fully saturated rings. The van der Waals surface area contributed by atoms with Gasteiger partial charge in [0.1, 0.15) is 0 Å². The van der Waals surface area contributed by atoms with Gasteiger partial charge in [-0.15, -0.1) is 0 Å². The van der Waals surface area contributed by atoms with Gasteiger partial charge >= 0.3 is 0 Å². The summed E-state index contributed by atoms with van der Waals surface area (Å²) in [4.78, 5) is 2.15. The Kier molecular flexibility index (Phi) is 10.6. The van der Waals surface area contributed by atoms with Crippen molar-refractivity contribution in [1.82, 2.24) is 14.7 Å². The molecule has 0 amide bonds. The number of aliphatic hydroxyl groups excluding tert-OH is 1. The summed E-state index contributed by atoms with van der Waals surface area (Å²) in [5.74, 6) is 1.87. The number of para-hydroxylation sites is 3. The van der Waals surface area contributed by atoms with Crippen molar-refractivity contribution >= 4 is 0 Å². The van der Waals surface area contributed by atoms with Gasteiger partial charge < -0.3 is 24.1 Å². The Balaban J connectivity index is 2.02. The van der Waals surface area contributed by atoms with Crippen molar-refractivity contribution < 1.29 is 24.1 Å². The van der Waals surface area contributed by atoms with Crippen LogP contribution in [0.5, 0.6) is 17.4 Å². The van der Waals surface area contributed by atoms with E-state index in [0.717, 1.165) is 23.4 Å². The number of methoxy groups -OCH3 is 2. The molecule has 2 aromatic carbocycles. The van der Waals surface area contributed by atoms with Crippen LogP contribution >= 0.6 is 0 Å². The number of rotatable bonds is 15. The molecule has 190 valence electrons. The molecule has 0 saturated heterocycles. The molecule has 0 aliphatic carbocycles. The summed E-state index contributed by atoms with van der Waals surface area (Å²) in [5, 5.41) is 15.5. The van der Waals surface area contributed by atoms with Gasteiger partial charge in [0.15, 0.2) is 11.5 Å². The van der Waals surface area contributed by atoms with E-state index in [-0.39, 0.29) is 6.61 Å². The summed E-state index contributed by atoms with van der Waals surface area (Å²) < 4.78 is 24.6. The average Bonchev–Trinajstić information content (AvgIpc) is 3.23. The third-order valence-corrected chi connectivity index (χ3v) is 5.61. The zero-order valence-corrected chi connectivity index (χ0v) is 21.1. The van der Waals surface area contributed by atoms with E-state index in [2.05, 4.69) is 11.8 Å². The highest BCUT2D eigenvalue weighted by Crippen LogP contribution is 2.36. The maximum absolute atomic E-state index is 10.5. The average molecular weight is 484 g/mol. The maximum atomic E-state index is 10.5. The zero-order valence-electron chi connectivity index (χ0n) is 21.1. The molecule has 1 heterocycles. The summed E-state index contributed by atoms with van der Waals surface area (Å²) in [5.41, 5.74) is 2.79. The lowest BCUT2D eigenvalue weighted by Crippen LogP contribution is -2.36. The highest BCUT2D eigenvalue weighted by Gasteiger charge is 2.24. The van der Waals surface area contributed by atoms with Crippen molar-refractivity contribution in [3.63, 3.8) is 0 Å². The van der Waals surface area contributed by atoms with Gasteiger partial charge in [-0.3, -0.25) is 4.90 Å². The topological polar surface area (TPSA) is 78.2 Å². The highest BCUT2D eigenvalue weighted by atomic mass is 16.5. The quantitative estimate of drug-likeness (QED) is 0.349. The first kappa shape index (κ1) is 26.7. The van der Waals surface area contributed by atoms with Crippen molar-refractivity contribution in [2.24, 2.45) is 0 Å². The lowest BCUT2D eigenvalue weighted by Gasteiger charge is -2.25. The Hall–Kier alpha value is -2.91. The van der Waals surface area contributed by atoms with Gasteiger partial charge in [-0.1, -0.05) is 37.3 Å². The van der Waals surface area contributed by atoms with Crippen molar-refractivity contribution in [3.8, 4) is 23.1 Å². The first-order valence-electron chi connectivity index (χ1n) is 12.0. The molecule has 1 unspecified atom stereocenters. The van der Waals surface area contributed by atoms with E-state index in [1.54, 1.807) is 14.2 Å². The third kappa shape index (κ3) is 7.29. The molecule has 1 aromatic heterocycles. The van der Waals surface area contributed by atoms with Gasteiger partial charge in [0.05, 0.1) is 43.4 Å². The summed E-state index contributed by atoms with van der Waals surface area (Å²) in [7, 11) is 3.30. The fourth-order valence-electron chi connectivity index (χ4n) is 3.86. The molecular formula is C27H37N3O5. The van der Waals surface area contributed by atoms with E-state index in [4.69, 9.17) is 24.0 Å². The van der Waals surface area contributed by atoms with Crippen molar-refractivity contribution in [2.75, 3.05) is 47.1 Å². The van der Waals surface area contributed by atoms with Crippen LogP contribution in [0.25, 0.3) is 5.69 Å². The second kappa shape index (κ2) is 13.8. The minimum absolute atomic E-state index is 0.286. The Labute approximate surface area is 208 Å². The van der Waals surface area contributed by atoms with E-state index in [0.29, 0.717) is 50.2 Å². The monoisotopic (exact) mass is 483 g/mol. The summed E-state index contributed by atoms with van der Waals surface area (Å²) in [6.45, 7) is 7.01. The maximum Gasteiger partial charge on any atom is 0.227 e. The minimum Gasteiger partial charge on any atom is -0.493 e. The normalized spacial score (nSPS) is 12.2. The molecule has 3 aromatic rings. The lowest BCUT2D eigenvalue weighted by atomic mass is 10.1.